The molecule has 2 atom stereocenters. The zero-order chi connectivity index (χ0) is 17.2. The van der Waals surface area contributed by atoms with Gasteiger partial charge in [-0.15, -0.1) is 5.73 Å². The molecule has 2 unspecified atom stereocenters. The van der Waals surface area contributed by atoms with Crippen molar-refractivity contribution in [2.45, 2.75) is 38.5 Å². The van der Waals surface area contributed by atoms with E-state index in [1.165, 1.54) is 5.57 Å². The van der Waals surface area contributed by atoms with Gasteiger partial charge in [-0.2, -0.15) is 0 Å². The second-order valence-corrected chi connectivity index (χ2v) is 6.89. The SMILES string of the molecule is COCCCCC(/C1=C/C=C=C/C=C\C1)C1CCCN(C(=O)Cl)C1. The Hall–Kier alpha value is -1.28. The van der Waals surface area contributed by atoms with Crippen molar-refractivity contribution in [2.75, 3.05) is 26.8 Å². The van der Waals surface area contributed by atoms with Gasteiger partial charge in [-0.3, -0.25) is 4.79 Å². The van der Waals surface area contributed by atoms with E-state index in [2.05, 4.69) is 24.0 Å². The zero-order valence-electron chi connectivity index (χ0n) is 14.5. The minimum Gasteiger partial charge on any atom is -0.385 e. The van der Waals surface area contributed by atoms with E-state index in [0.29, 0.717) is 11.8 Å². The maximum atomic E-state index is 11.6. The van der Waals surface area contributed by atoms with Crippen molar-refractivity contribution in [3.63, 3.8) is 0 Å². The summed E-state index contributed by atoms with van der Waals surface area (Å²) in [6.45, 7) is 2.37. The van der Waals surface area contributed by atoms with Gasteiger partial charge in [0.15, 0.2) is 0 Å². The Balaban J connectivity index is 2.10. The first-order chi connectivity index (χ1) is 11.7. The van der Waals surface area contributed by atoms with E-state index in [1.54, 1.807) is 12.0 Å². The van der Waals surface area contributed by atoms with Crippen molar-refractivity contribution >= 4 is 17.0 Å². The number of ether oxygens (including phenoxy) is 1. The van der Waals surface area contributed by atoms with Crippen molar-refractivity contribution in [1.82, 2.24) is 4.90 Å². The number of amides is 1. The van der Waals surface area contributed by atoms with Crippen LogP contribution in [0.2, 0.25) is 0 Å². The van der Waals surface area contributed by atoms with E-state index in [9.17, 15) is 4.79 Å². The molecule has 0 radical (unpaired) electrons. The van der Waals surface area contributed by atoms with Crippen LogP contribution in [0.25, 0.3) is 0 Å². The first-order valence-corrected chi connectivity index (χ1v) is 9.30. The first-order valence-electron chi connectivity index (χ1n) is 8.92. The molecule has 2 aliphatic rings. The van der Waals surface area contributed by atoms with Crippen LogP contribution < -0.4 is 0 Å². The smallest absolute Gasteiger partial charge is 0.316 e. The summed E-state index contributed by atoms with van der Waals surface area (Å²) in [6.07, 6.45) is 16.9. The van der Waals surface area contributed by atoms with Crippen LogP contribution in [0.15, 0.2) is 41.7 Å². The number of hydrogen-bond acceptors (Lipinski definition) is 2. The molecule has 1 amide bonds. The number of rotatable bonds is 7. The maximum absolute atomic E-state index is 11.6. The van der Waals surface area contributed by atoms with E-state index in [4.69, 9.17) is 16.3 Å². The summed E-state index contributed by atoms with van der Waals surface area (Å²) < 4.78 is 5.18. The summed E-state index contributed by atoms with van der Waals surface area (Å²) in [5.74, 6) is 0.974. The molecule has 1 fully saturated rings. The highest BCUT2D eigenvalue weighted by atomic mass is 35.5. The summed E-state index contributed by atoms with van der Waals surface area (Å²) in [4.78, 5) is 13.4. The molecule has 1 saturated heterocycles. The predicted octanol–water partition coefficient (Wildman–Crippen LogP) is 5.09. The van der Waals surface area contributed by atoms with E-state index in [1.807, 2.05) is 12.2 Å². The van der Waals surface area contributed by atoms with Gasteiger partial charge in [0, 0.05) is 26.8 Å². The average Bonchev–Trinajstić information content (AvgIpc) is 2.56. The number of halogens is 1. The van der Waals surface area contributed by atoms with Gasteiger partial charge in [-0.25, -0.2) is 0 Å². The molecule has 0 N–H and O–H groups in total. The lowest BCUT2D eigenvalue weighted by molar-refractivity contribution is 0.157. The number of allylic oxidation sites excluding steroid dienone is 5. The van der Waals surface area contributed by atoms with Gasteiger partial charge >= 0.3 is 5.37 Å². The van der Waals surface area contributed by atoms with Crippen LogP contribution in [-0.2, 0) is 4.74 Å². The van der Waals surface area contributed by atoms with E-state index in [-0.39, 0.29) is 5.37 Å². The first kappa shape index (κ1) is 19.1. The second kappa shape index (κ2) is 10.6. The molecule has 0 aromatic carbocycles. The minimum atomic E-state index is -0.313. The third-order valence-electron chi connectivity index (χ3n) is 4.94. The number of carbonyl (C=O) groups excluding carboxylic acids is 1. The normalized spacial score (nSPS) is 25.5. The molecule has 0 bridgehead atoms. The van der Waals surface area contributed by atoms with Gasteiger partial charge in [0.1, 0.15) is 0 Å². The van der Waals surface area contributed by atoms with Crippen LogP contribution in [0.4, 0.5) is 4.79 Å². The molecule has 1 heterocycles. The third-order valence-corrected chi connectivity index (χ3v) is 5.18. The number of piperidine rings is 1. The number of nitrogens with zero attached hydrogens (tertiary/aromatic N) is 1. The molecule has 0 saturated carbocycles. The van der Waals surface area contributed by atoms with Gasteiger partial charge in [0.25, 0.3) is 0 Å². The van der Waals surface area contributed by atoms with Crippen molar-refractivity contribution in [2.24, 2.45) is 11.8 Å². The molecule has 132 valence electrons. The van der Waals surface area contributed by atoms with Gasteiger partial charge in [0.05, 0.1) is 0 Å². The minimum absolute atomic E-state index is 0.313. The van der Waals surface area contributed by atoms with Crippen LogP contribution in [-0.4, -0.2) is 37.1 Å². The fraction of sp³-hybridized carbons (Fsp3) is 0.600. The quantitative estimate of drug-likeness (QED) is 0.277. The number of methoxy groups -OCH3 is 1. The second-order valence-electron chi connectivity index (χ2n) is 6.57. The Morgan fingerprint density at radius 3 is 3.12 bits per heavy atom. The lowest BCUT2D eigenvalue weighted by Gasteiger charge is -2.37. The largest absolute Gasteiger partial charge is 0.385 e. The number of hydrogen-bond donors (Lipinski definition) is 0. The van der Waals surface area contributed by atoms with Crippen LogP contribution in [0.1, 0.15) is 38.5 Å². The van der Waals surface area contributed by atoms with Gasteiger partial charge in [-0.1, -0.05) is 30.2 Å². The fourth-order valence-corrected chi connectivity index (χ4v) is 3.87. The Labute approximate surface area is 150 Å². The Morgan fingerprint density at radius 1 is 1.46 bits per heavy atom. The monoisotopic (exact) mass is 349 g/mol. The molecular formula is C20H28ClNO2. The highest BCUT2D eigenvalue weighted by Gasteiger charge is 2.30. The summed E-state index contributed by atoms with van der Waals surface area (Å²) >= 11 is 5.73. The van der Waals surface area contributed by atoms with E-state index in [0.717, 1.165) is 58.2 Å². The van der Waals surface area contributed by atoms with Crippen LogP contribution >= 0.6 is 11.6 Å². The highest BCUT2D eigenvalue weighted by Crippen LogP contribution is 2.35. The van der Waals surface area contributed by atoms with Gasteiger partial charge in [-0.05, 0) is 67.7 Å². The standard InChI is InChI=1S/C20H28ClNO2/c1-24-15-8-7-13-19(17-10-5-3-2-4-6-11-17)18-12-9-14-22(16-18)20(21)23/h2-3,5-6,11,18-19H,7-10,12-16H2,1H3/b5-3-,17-11+. The summed E-state index contributed by atoms with van der Waals surface area (Å²) in [7, 11) is 1.75. The average molecular weight is 350 g/mol. The van der Waals surface area contributed by atoms with Crippen LogP contribution in [0.5, 0.6) is 0 Å². The van der Waals surface area contributed by atoms with Crippen molar-refractivity contribution in [3.8, 4) is 0 Å². The van der Waals surface area contributed by atoms with Crippen molar-refractivity contribution < 1.29 is 9.53 Å². The number of carbonyl (C=O) groups is 1. The van der Waals surface area contributed by atoms with Crippen LogP contribution in [0.3, 0.4) is 0 Å². The van der Waals surface area contributed by atoms with Crippen molar-refractivity contribution in [1.29, 1.82) is 0 Å². The molecule has 4 heteroatoms. The highest BCUT2D eigenvalue weighted by molar-refractivity contribution is 6.62. The van der Waals surface area contributed by atoms with E-state index < -0.39 is 0 Å². The number of likely N-dealkylation sites (tertiary alicyclic amines) is 1. The molecule has 3 nitrogen and oxygen atoms in total. The van der Waals surface area contributed by atoms with Crippen LogP contribution in [0, 0.1) is 11.8 Å². The molecule has 0 aromatic rings. The molecule has 1 aliphatic carbocycles. The number of unbranched alkanes of at least 4 members (excludes halogenated alkanes) is 1. The van der Waals surface area contributed by atoms with Gasteiger partial charge in [0.2, 0.25) is 0 Å². The van der Waals surface area contributed by atoms with Crippen molar-refractivity contribution in [3.05, 3.63) is 41.7 Å². The summed E-state index contributed by atoms with van der Waals surface area (Å²) in [5, 5.41) is -0.313. The summed E-state index contributed by atoms with van der Waals surface area (Å²) in [6, 6.07) is 0. The lowest BCUT2D eigenvalue weighted by atomic mass is 9.76. The lowest BCUT2D eigenvalue weighted by Crippen LogP contribution is -2.40. The van der Waals surface area contributed by atoms with Gasteiger partial charge < -0.3 is 9.64 Å². The molecule has 0 spiro atoms. The van der Waals surface area contributed by atoms with E-state index >= 15 is 0 Å². The third kappa shape index (κ3) is 5.98. The fourth-order valence-electron chi connectivity index (χ4n) is 3.71. The predicted molar refractivity (Wildman–Crippen MR) is 99.3 cm³/mol. The Kier molecular flexibility index (Phi) is 8.38. The molecule has 0 aromatic heterocycles. The molecule has 1 aliphatic heterocycles. The maximum Gasteiger partial charge on any atom is 0.316 e. The summed E-state index contributed by atoms with van der Waals surface area (Å²) in [5.41, 5.74) is 4.60. The molecular weight excluding hydrogens is 322 g/mol. The topological polar surface area (TPSA) is 29.5 Å². The molecule has 24 heavy (non-hydrogen) atoms. The zero-order valence-corrected chi connectivity index (χ0v) is 15.3. The Bertz CT molecular complexity index is 532. The molecule has 2 rings (SSSR count). The Morgan fingerprint density at radius 2 is 2.33 bits per heavy atom.